The summed E-state index contributed by atoms with van der Waals surface area (Å²) in [7, 11) is 0. The average molecular weight is 361 g/mol. The van der Waals surface area contributed by atoms with Crippen molar-refractivity contribution < 1.29 is 9.53 Å². The molecule has 1 N–H and O–H groups in total. The van der Waals surface area contributed by atoms with Crippen LogP contribution in [0, 0.1) is 0 Å². The van der Waals surface area contributed by atoms with Crippen LogP contribution in [-0.2, 0) is 4.79 Å². The van der Waals surface area contributed by atoms with Crippen molar-refractivity contribution in [3.63, 3.8) is 0 Å². The lowest BCUT2D eigenvalue weighted by Crippen LogP contribution is -2.30. The molecule has 24 heavy (non-hydrogen) atoms. The van der Waals surface area contributed by atoms with E-state index < -0.39 is 6.10 Å². The van der Waals surface area contributed by atoms with Crippen LogP contribution in [0.25, 0.3) is 10.9 Å². The van der Waals surface area contributed by atoms with Gasteiger partial charge in [0.05, 0.1) is 10.5 Å². The van der Waals surface area contributed by atoms with E-state index in [1.807, 2.05) is 30.3 Å². The Labute approximate surface area is 149 Å². The fraction of sp³-hybridized carbons (Fsp3) is 0.111. The zero-order chi connectivity index (χ0) is 17.1. The van der Waals surface area contributed by atoms with Crippen LogP contribution >= 0.6 is 23.2 Å². The molecule has 0 saturated carbocycles. The molecule has 122 valence electrons. The van der Waals surface area contributed by atoms with Crippen LogP contribution in [0.5, 0.6) is 5.75 Å². The van der Waals surface area contributed by atoms with Crippen LogP contribution in [0.1, 0.15) is 6.92 Å². The fourth-order valence-electron chi connectivity index (χ4n) is 2.18. The first kappa shape index (κ1) is 16.6. The highest BCUT2D eigenvalue weighted by molar-refractivity contribution is 6.35. The van der Waals surface area contributed by atoms with E-state index in [2.05, 4.69) is 10.3 Å². The molecule has 3 rings (SSSR count). The molecule has 0 spiro atoms. The highest BCUT2D eigenvalue weighted by atomic mass is 35.5. The molecule has 6 heteroatoms. The lowest BCUT2D eigenvalue weighted by Gasteiger charge is -2.15. The van der Waals surface area contributed by atoms with Gasteiger partial charge in [-0.05, 0) is 43.3 Å². The number of rotatable bonds is 4. The van der Waals surface area contributed by atoms with Crippen molar-refractivity contribution >= 4 is 45.8 Å². The summed E-state index contributed by atoms with van der Waals surface area (Å²) < 4.78 is 5.59. The number of carbonyl (C=O) groups is 1. The number of pyridine rings is 1. The topological polar surface area (TPSA) is 51.2 Å². The van der Waals surface area contributed by atoms with E-state index in [1.165, 1.54) is 0 Å². The minimum Gasteiger partial charge on any atom is -0.479 e. The van der Waals surface area contributed by atoms with E-state index in [4.69, 9.17) is 27.9 Å². The van der Waals surface area contributed by atoms with Gasteiger partial charge in [0, 0.05) is 10.4 Å². The first-order chi connectivity index (χ1) is 11.5. The molecule has 4 nitrogen and oxygen atoms in total. The maximum atomic E-state index is 12.3. The van der Waals surface area contributed by atoms with Crippen LogP contribution in [0.3, 0.4) is 0 Å². The Bertz CT molecular complexity index is 899. The highest BCUT2D eigenvalue weighted by Gasteiger charge is 2.17. The second-order valence-corrected chi connectivity index (χ2v) is 6.06. The molecule has 0 radical (unpaired) electrons. The van der Waals surface area contributed by atoms with Gasteiger partial charge in [-0.2, -0.15) is 0 Å². The molecule has 0 unspecified atom stereocenters. The molecule has 0 fully saturated rings. The number of halogens is 2. The van der Waals surface area contributed by atoms with Crippen LogP contribution in [0.4, 0.5) is 5.82 Å². The van der Waals surface area contributed by atoms with Gasteiger partial charge in [0.15, 0.2) is 6.10 Å². The second-order valence-electron chi connectivity index (χ2n) is 5.21. The van der Waals surface area contributed by atoms with Gasteiger partial charge in [-0.3, -0.25) is 4.79 Å². The Hall–Kier alpha value is -2.30. The molecular weight excluding hydrogens is 347 g/mol. The van der Waals surface area contributed by atoms with Gasteiger partial charge in [-0.15, -0.1) is 0 Å². The Morgan fingerprint density at radius 2 is 1.92 bits per heavy atom. The zero-order valence-corrected chi connectivity index (χ0v) is 14.3. The molecule has 0 aliphatic carbocycles. The molecule has 0 aliphatic heterocycles. The normalized spacial score (nSPS) is 12.0. The number of hydrogen-bond acceptors (Lipinski definition) is 3. The Morgan fingerprint density at radius 3 is 2.71 bits per heavy atom. The molecule has 0 bridgehead atoms. The second kappa shape index (κ2) is 7.07. The van der Waals surface area contributed by atoms with Gasteiger partial charge in [-0.1, -0.05) is 41.4 Å². The third-order valence-corrected chi connectivity index (χ3v) is 3.95. The maximum Gasteiger partial charge on any atom is 0.266 e. The van der Waals surface area contributed by atoms with E-state index in [-0.39, 0.29) is 5.91 Å². The lowest BCUT2D eigenvalue weighted by atomic mass is 10.2. The molecule has 1 heterocycles. The standard InChI is InChI=1S/C18H14Cl2N2O2/c1-11(24-16-8-7-13(19)10-14(16)20)18(23)22-17-9-6-12-4-2-3-5-15(12)21-17/h2-11H,1H3,(H,21,22,23)/t11-/m0/s1. The van der Waals surface area contributed by atoms with E-state index >= 15 is 0 Å². The van der Waals surface area contributed by atoms with Gasteiger partial charge in [0.25, 0.3) is 5.91 Å². The van der Waals surface area contributed by atoms with Gasteiger partial charge in [0.1, 0.15) is 11.6 Å². The Morgan fingerprint density at radius 1 is 1.12 bits per heavy atom. The summed E-state index contributed by atoms with van der Waals surface area (Å²) in [5.74, 6) is 0.551. The molecule has 2 aromatic carbocycles. The minimum absolute atomic E-state index is 0.316. The van der Waals surface area contributed by atoms with E-state index in [0.29, 0.717) is 21.6 Å². The zero-order valence-electron chi connectivity index (χ0n) is 12.8. The predicted octanol–water partition coefficient (Wildman–Crippen LogP) is 4.95. The number of carbonyl (C=O) groups excluding carboxylic acids is 1. The van der Waals surface area contributed by atoms with Crippen molar-refractivity contribution in [2.24, 2.45) is 0 Å². The largest absolute Gasteiger partial charge is 0.479 e. The van der Waals surface area contributed by atoms with Crippen molar-refractivity contribution in [1.82, 2.24) is 4.98 Å². The SMILES string of the molecule is C[C@H](Oc1ccc(Cl)cc1Cl)C(=O)Nc1ccc2ccccc2n1. The number of nitrogens with one attached hydrogen (secondary N) is 1. The molecule has 1 aromatic heterocycles. The molecular formula is C18H14Cl2N2O2. The number of anilines is 1. The third-order valence-electron chi connectivity index (χ3n) is 3.42. The Balaban J connectivity index is 1.70. The number of amides is 1. The van der Waals surface area contributed by atoms with Crippen LogP contribution in [0.2, 0.25) is 10.0 Å². The predicted molar refractivity (Wildman–Crippen MR) is 96.9 cm³/mol. The van der Waals surface area contributed by atoms with Crippen LogP contribution in [0.15, 0.2) is 54.6 Å². The number of nitrogens with zero attached hydrogens (tertiary/aromatic N) is 1. The molecule has 3 aromatic rings. The molecule has 1 amide bonds. The maximum absolute atomic E-state index is 12.3. The van der Waals surface area contributed by atoms with E-state index in [0.717, 1.165) is 10.9 Å². The van der Waals surface area contributed by atoms with Gasteiger partial charge < -0.3 is 10.1 Å². The van der Waals surface area contributed by atoms with Crippen molar-refractivity contribution in [3.05, 3.63) is 64.6 Å². The molecule has 0 saturated heterocycles. The summed E-state index contributed by atoms with van der Waals surface area (Å²) in [6.45, 7) is 1.64. The van der Waals surface area contributed by atoms with Crippen LogP contribution in [-0.4, -0.2) is 17.0 Å². The highest BCUT2D eigenvalue weighted by Crippen LogP contribution is 2.28. The molecule has 0 aliphatic rings. The summed E-state index contributed by atoms with van der Waals surface area (Å²) in [5, 5.41) is 4.61. The molecule has 1 atom stereocenters. The van der Waals surface area contributed by atoms with Crippen molar-refractivity contribution in [2.75, 3.05) is 5.32 Å². The number of benzene rings is 2. The average Bonchev–Trinajstić information content (AvgIpc) is 2.57. The Kier molecular flexibility index (Phi) is 4.88. The first-order valence-corrected chi connectivity index (χ1v) is 8.07. The van der Waals surface area contributed by atoms with Crippen molar-refractivity contribution in [3.8, 4) is 5.75 Å². The van der Waals surface area contributed by atoms with Gasteiger partial charge in [0.2, 0.25) is 0 Å². The summed E-state index contributed by atoms with van der Waals surface area (Å²) in [6, 6.07) is 16.2. The van der Waals surface area contributed by atoms with Gasteiger partial charge >= 0.3 is 0 Å². The number of fused-ring (bicyclic) bond motifs is 1. The van der Waals surface area contributed by atoms with Crippen molar-refractivity contribution in [1.29, 1.82) is 0 Å². The van der Waals surface area contributed by atoms with Crippen LogP contribution < -0.4 is 10.1 Å². The summed E-state index contributed by atoms with van der Waals surface area (Å²) >= 11 is 11.9. The fourth-order valence-corrected chi connectivity index (χ4v) is 2.63. The van der Waals surface area contributed by atoms with Crippen molar-refractivity contribution in [2.45, 2.75) is 13.0 Å². The van der Waals surface area contributed by atoms with Gasteiger partial charge in [-0.25, -0.2) is 4.98 Å². The minimum atomic E-state index is -0.739. The summed E-state index contributed by atoms with van der Waals surface area (Å²) in [4.78, 5) is 16.7. The first-order valence-electron chi connectivity index (χ1n) is 7.31. The number of para-hydroxylation sites is 1. The summed E-state index contributed by atoms with van der Waals surface area (Å²) in [5.41, 5.74) is 0.810. The quantitative estimate of drug-likeness (QED) is 0.716. The smallest absolute Gasteiger partial charge is 0.266 e. The van der Waals surface area contributed by atoms with E-state index in [9.17, 15) is 4.79 Å². The third kappa shape index (κ3) is 3.78. The number of aromatic nitrogens is 1. The summed E-state index contributed by atoms with van der Waals surface area (Å²) in [6.07, 6.45) is -0.739. The number of ether oxygens (including phenoxy) is 1. The monoisotopic (exact) mass is 360 g/mol. The lowest BCUT2D eigenvalue weighted by molar-refractivity contribution is -0.122. The van der Waals surface area contributed by atoms with E-state index in [1.54, 1.807) is 31.2 Å². The number of hydrogen-bond donors (Lipinski definition) is 1.